The number of nitrogens with zero attached hydrogens (tertiary/aromatic N) is 2. The molecule has 1 unspecified atom stereocenters. The molecule has 1 heterocycles. The van der Waals surface area contributed by atoms with E-state index in [0.717, 1.165) is 37.5 Å². The minimum absolute atomic E-state index is 0.140. The number of benzene rings is 1. The highest BCUT2D eigenvalue weighted by atomic mass is 19.1. The molecule has 1 aliphatic rings. The van der Waals surface area contributed by atoms with E-state index in [2.05, 4.69) is 0 Å². The first-order valence-electron chi connectivity index (χ1n) is 6.49. The maximum absolute atomic E-state index is 13.3. The number of nitrogens with two attached hydrogens (primary N) is 1. The van der Waals surface area contributed by atoms with Gasteiger partial charge >= 0.3 is 0 Å². The summed E-state index contributed by atoms with van der Waals surface area (Å²) in [6.45, 7) is 0.795. The van der Waals surface area contributed by atoms with E-state index in [1.54, 1.807) is 0 Å². The molecule has 1 amide bonds. The zero-order valence-electron chi connectivity index (χ0n) is 10.9. The molecule has 0 spiro atoms. The van der Waals surface area contributed by atoms with Crippen LogP contribution in [-0.4, -0.2) is 34.9 Å². The van der Waals surface area contributed by atoms with Gasteiger partial charge < -0.3 is 10.6 Å². The van der Waals surface area contributed by atoms with Gasteiger partial charge in [0.2, 0.25) is 0 Å². The molecular weight excluding hydrogens is 265 g/mol. The van der Waals surface area contributed by atoms with E-state index in [-0.39, 0.29) is 17.3 Å². The molecule has 0 radical (unpaired) electrons. The van der Waals surface area contributed by atoms with Crippen LogP contribution < -0.4 is 5.73 Å². The van der Waals surface area contributed by atoms with Gasteiger partial charge in [-0.1, -0.05) is 0 Å². The van der Waals surface area contributed by atoms with E-state index >= 15 is 0 Å². The third-order valence-electron chi connectivity index (χ3n) is 3.55. The highest BCUT2D eigenvalue weighted by Gasteiger charge is 2.30. The Hall–Kier alpha value is -2.02. The Morgan fingerprint density at radius 2 is 2.25 bits per heavy atom. The number of carbonyl (C=O) groups is 1. The molecule has 1 saturated heterocycles. The van der Waals surface area contributed by atoms with Gasteiger partial charge in [0.1, 0.15) is 11.4 Å². The summed E-state index contributed by atoms with van der Waals surface area (Å²) in [4.78, 5) is 24.3. The summed E-state index contributed by atoms with van der Waals surface area (Å²) in [7, 11) is 0. The Kier molecular flexibility index (Phi) is 4.29. The lowest BCUT2D eigenvalue weighted by Gasteiger charge is -2.35. The number of halogens is 1. The fraction of sp³-hybridized carbons (Fsp3) is 0.462. The smallest absolute Gasteiger partial charge is 0.282 e. The van der Waals surface area contributed by atoms with Crippen molar-refractivity contribution in [2.45, 2.75) is 25.3 Å². The van der Waals surface area contributed by atoms with Crippen LogP contribution in [-0.2, 0) is 0 Å². The molecule has 0 bridgehead atoms. The lowest BCUT2D eigenvalue weighted by atomic mass is 10.0. The molecule has 1 aromatic carbocycles. The third kappa shape index (κ3) is 2.77. The Labute approximate surface area is 115 Å². The van der Waals surface area contributed by atoms with Crippen molar-refractivity contribution in [2.75, 3.05) is 13.1 Å². The van der Waals surface area contributed by atoms with Crippen LogP contribution in [0, 0.1) is 15.9 Å². The molecule has 1 aromatic rings. The van der Waals surface area contributed by atoms with Gasteiger partial charge in [0, 0.05) is 25.2 Å². The first kappa shape index (κ1) is 14.4. The van der Waals surface area contributed by atoms with Crippen LogP contribution in [0.25, 0.3) is 0 Å². The number of amides is 1. The summed E-state index contributed by atoms with van der Waals surface area (Å²) in [5, 5.41) is 11.0. The Balaban J connectivity index is 2.36. The van der Waals surface area contributed by atoms with Crippen LogP contribution in [0.5, 0.6) is 0 Å². The molecule has 1 aliphatic heterocycles. The molecule has 0 aromatic heterocycles. The monoisotopic (exact) mass is 281 g/mol. The van der Waals surface area contributed by atoms with Crippen molar-refractivity contribution in [1.82, 2.24) is 4.90 Å². The number of likely N-dealkylation sites (tertiary alicyclic amines) is 1. The van der Waals surface area contributed by atoms with Crippen LogP contribution in [0.1, 0.15) is 29.6 Å². The van der Waals surface area contributed by atoms with Gasteiger partial charge in [-0.15, -0.1) is 0 Å². The molecule has 108 valence electrons. The third-order valence-corrected chi connectivity index (χ3v) is 3.55. The van der Waals surface area contributed by atoms with Crippen LogP contribution in [0.3, 0.4) is 0 Å². The summed E-state index contributed by atoms with van der Waals surface area (Å²) >= 11 is 0. The topological polar surface area (TPSA) is 89.5 Å². The minimum Gasteiger partial charge on any atom is -0.334 e. The summed E-state index contributed by atoms with van der Waals surface area (Å²) in [6.07, 6.45) is 2.56. The van der Waals surface area contributed by atoms with Gasteiger partial charge in [0.05, 0.1) is 4.92 Å². The predicted molar refractivity (Wildman–Crippen MR) is 70.8 cm³/mol. The molecule has 6 nitrogen and oxygen atoms in total. The number of hydrogen-bond donors (Lipinski definition) is 1. The highest BCUT2D eigenvalue weighted by molar-refractivity contribution is 5.98. The zero-order chi connectivity index (χ0) is 14.7. The van der Waals surface area contributed by atoms with Crippen molar-refractivity contribution in [1.29, 1.82) is 0 Å². The van der Waals surface area contributed by atoms with E-state index in [1.807, 2.05) is 0 Å². The molecule has 20 heavy (non-hydrogen) atoms. The average Bonchev–Trinajstić information content (AvgIpc) is 2.46. The molecule has 7 heteroatoms. The summed E-state index contributed by atoms with van der Waals surface area (Å²) in [5.41, 5.74) is 5.05. The fourth-order valence-corrected chi connectivity index (χ4v) is 2.51. The summed E-state index contributed by atoms with van der Waals surface area (Å²) < 4.78 is 13.3. The number of hydrogen-bond acceptors (Lipinski definition) is 4. The van der Waals surface area contributed by atoms with Crippen molar-refractivity contribution >= 4 is 11.6 Å². The van der Waals surface area contributed by atoms with Gasteiger partial charge in [-0.3, -0.25) is 14.9 Å². The van der Waals surface area contributed by atoms with Gasteiger partial charge in [-0.05, 0) is 31.4 Å². The second-order valence-electron chi connectivity index (χ2n) is 4.80. The average molecular weight is 281 g/mol. The maximum atomic E-state index is 13.3. The molecule has 0 saturated carbocycles. The fourth-order valence-electron chi connectivity index (χ4n) is 2.51. The predicted octanol–water partition coefficient (Wildman–Crippen LogP) is 1.69. The number of rotatable bonds is 3. The minimum atomic E-state index is -0.673. The largest absolute Gasteiger partial charge is 0.334 e. The SMILES string of the molecule is NCC1CCCCN1C(=O)c1cc(F)ccc1[N+](=O)[O-]. The normalized spacial score (nSPS) is 18.9. The van der Waals surface area contributed by atoms with E-state index in [0.29, 0.717) is 13.1 Å². The molecular formula is C13H16FN3O3. The van der Waals surface area contributed by atoms with Gasteiger partial charge in [0.25, 0.3) is 11.6 Å². The lowest BCUT2D eigenvalue weighted by Crippen LogP contribution is -2.47. The van der Waals surface area contributed by atoms with Gasteiger partial charge in [-0.25, -0.2) is 4.39 Å². The van der Waals surface area contributed by atoms with Crippen molar-refractivity contribution < 1.29 is 14.1 Å². The van der Waals surface area contributed by atoms with E-state index in [9.17, 15) is 19.3 Å². The number of carbonyl (C=O) groups excluding carboxylic acids is 1. The number of nitro benzene ring substituents is 1. The maximum Gasteiger partial charge on any atom is 0.282 e. The van der Waals surface area contributed by atoms with Crippen molar-refractivity contribution in [3.8, 4) is 0 Å². The number of piperidine rings is 1. The zero-order valence-corrected chi connectivity index (χ0v) is 10.9. The van der Waals surface area contributed by atoms with Crippen molar-refractivity contribution in [2.24, 2.45) is 5.73 Å². The number of nitro groups is 1. The molecule has 1 atom stereocenters. The second-order valence-corrected chi connectivity index (χ2v) is 4.80. The van der Waals surface area contributed by atoms with Crippen LogP contribution in [0.4, 0.5) is 10.1 Å². The van der Waals surface area contributed by atoms with E-state index < -0.39 is 16.6 Å². The Morgan fingerprint density at radius 3 is 2.90 bits per heavy atom. The highest BCUT2D eigenvalue weighted by Crippen LogP contribution is 2.25. The Bertz CT molecular complexity index is 536. The quantitative estimate of drug-likeness (QED) is 0.674. The molecule has 0 aliphatic carbocycles. The first-order chi connectivity index (χ1) is 9.54. The van der Waals surface area contributed by atoms with E-state index in [4.69, 9.17) is 5.73 Å². The van der Waals surface area contributed by atoms with Crippen molar-refractivity contribution in [3.05, 3.63) is 39.7 Å². The standard InChI is InChI=1S/C13H16FN3O3/c14-9-4-5-12(17(19)20)11(7-9)13(18)16-6-2-1-3-10(16)8-15/h4-5,7,10H,1-3,6,8,15H2. The molecule has 1 fully saturated rings. The molecule has 2 rings (SSSR count). The Morgan fingerprint density at radius 1 is 1.50 bits per heavy atom. The van der Waals surface area contributed by atoms with E-state index in [1.165, 1.54) is 4.90 Å². The molecule has 2 N–H and O–H groups in total. The summed E-state index contributed by atoms with van der Waals surface area (Å²) in [6, 6.07) is 2.78. The van der Waals surface area contributed by atoms with Crippen LogP contribution in [0.2, 0.25) is 0 Å². The van der Waals surface area contributed by atoms with Crippen molar-refractivity contribution in [3.63, 3.8) is 0 Å². The first-order valence-corrected chi connectivity index (χ1v) is 6.49. The van der Waals surface area contributed by atoms with Gasteiger partial charge in [-0.2, -0.15) is 0 Å². The lowest BCUT2D eigenvalue weighted by molar-refractivity contribution is -0.385. The summed E-state index contributed by atoms with van der Waals surface area (Å²) in [5.74, 6) is -1.19. The second kappa shape index (κ2) is 5.96. The van der Waals surface area contributed by atoms with Crippen LogP contribution in [0.15, 0.2) is 18.2 Å². The van der Waals surface area contributed by atoms with Crippen LogP contribution >= 0.6 is 0 Å². The van der Waals surface area contributed by atoms with Gasteiger partial charge in [0.15, 0.2) is 0 Å².